The van der Waals surface area contributed by atoms with Gasteiger partial charge in [0.1, 0.15) is 13.2 Å². The Hall–Kier alpha value is -2.89. The van der Waals surface area contributed by atoms with Gasteiger partial charge in [-0.2, -0.15) is 0 Å². The fourth-order valence-electron chi connectivity index (χ4n) is 8.11. The Kier molecular flexibility index (Phi) is 53.3. The normalized spacial score (nSPS) is 12.5. The first kappa shape index (κ1) is 64.1. The molecule has 0 unspecified atom stereocenters. The Labute approximate surface area is 415 Å². The van der Waals surface area contributed by atoms with Crippen molar-refractivity contribution in [3.8, 4) is 0 Å². The maximum Gasteiger partial charge on any atom is 0.306 e. The van der Waals surface area contributed by atoms with Crippen LogP contribution in [0.2, 0.25) is 0 Å². The zero-order valence-corrected chi connectivity index (χ0v) is 44.4. The van der Waals surface area contributed by atoms with E-state index < -0.39 is 6.10 Å². The van der Waals surface area contributed by atoms with Gasteiger partial charge in [0.25, 0.3) is 0 Å². The molecule has 0 aromatic carbocycles. The molecule has 0 heterocycles. The summed E-state index contributed by atoms with van der Waals surface area (Å²) in [5, 5.41) is 0. The van der Waals surface area contributed by atoms with Crippen LogP contribution in [0, 0.1) is 0 Å². The molecular weight excluding hydrogens is 829 g/mol. The van der Waals surface area contributed by atoms with E-state index in [1.54, 1.807) is 0 Å². The number of ether oxygens (including phenoxy) is 3. The SMILES string of the molecule is CCCC/C=C\CCCCCCCC(=O)O[C@H](COC(=O)CCCCC/C=C\C/C=C\C/C=C\C/C=C\CCCCC)COC(=O)CCCCCCCCCCCCCCCCCCCCC. The predicted octanol–water partition coefficient (Wildman–Crippen LogP) is 19.2. The Morgan fingerprint density at radius 2 is 0.552 bits per heavy atom. The molecule has 0 radical (unpaired) electrons. The van der Waals surface area contributed by atoms with E-state index in [1.165, 1.54) is 154 Å². The van der Waals surface area contributed by atoms with Gasteiger partial charge in [-0.05, 0) is 83.5 Å². The van der Waals surface area contributed by atoms with Crippen LogP contribution in [-0.2, 0) is 28.6 Å². The molecule has 0 fully saturated rings. The molecule has 67 heavy (non-hydrogen) atoms. The van der Waals surface area contributed by atoms with E-state index in [4.69, 9.17) is 14.2 Å². The average Bonchev–Trinajstić information content (AvgIpc) is 3.33. The van der Waals surface area contributed by atoms with Crippen molar-refractivity contribution in [2.24, 2.45) is 0 Å². The molecule has 6 nitrogen and oxygen atoms in total. The highest BCUT2D eigenvalue weighted by molar-refractivity contribution is 5.71. The summed E-state index contributed by atoms with van der Waals surface area (Å²) in [5.74, 6) is -0.917. The number of allylic oxidation sites excluding steroid dienone is 10. The third-order valence-electron chi connectivity index (χ3n) is 12.5. The molecule has 6 heteroatoms. The highest BCUT2D eigenvalue weighted by Gasteiger charge is 2.19. The largest absolute Gasteiger partial charge is 0.462 e. The van der Waals surface area contributed by atoms with Crippen molar-refractivity contribution in [3.05, 3.63) is 60.8 Å². The molecule has 0 saturated carbocycles. The predicted molar refractivity (Wildman–Crippen MR) is 288 cm³/mol. The van der Waals surface area contributed by atoms with Gasteiger partial charge in [-0.15, -0.1) is 0 Å². The molecule has 388 valence electrons. The van der Waals surface area contributed by atoms with Gasteiger partial charge >= 0.3 is 17.9 Å². The van der Waals surface area contributed by atoms with Gasteiger partial charge in [0, 0.05) is 19.3 Å². The standard InChI is InChI=1S/C61H108O6/c1-4-7-10-13-16-19-22-24-26-28-30-32-34-36-39-41-44-47-50-53-59(62)65-56-58(67-61(64)55-52-49-46-43-38-21-18-15-12-9-6-3)57-66-60(63)54-51-48-45-42-40-37-35-33-31-29-27-25-23-20-17-14-11-8-5-2/h15-16,18-19,24,26,30,32,36,39,58H,4-14,17,20-23,25,27-29,31,33-35,37-38,40-57H2,1-3H3/b18-15-,19-16-,26-24-,32-30-,39-36-/t58-/m1/s1. The second kappa shape index (κ2) is 55.7. The molecule has 0 aliphatic rings. The maximum atomic E-state index is 12.8. The van der Waals surface area contributed by atoms with Gasteiger partial charge in [-0.1, -0.05) is 248 Å². The summed E-state index contributed by atoms with van der Waals surface area (Å²) in [5.41, 5.74) is 0. The maximum absolute atomic E-state index is 12.8. The van der Waals surface area contributed by atoms with E-state index in [-0.39, 0.29) is 31.1 Å². The average molecular weight is 938 g/mol. The molecular formula is C61H108O6. The van der Waals surface area contributed by atoms with Crippen molar-refractivity contribution < 1.29 is 28.6 Å². The van der Waals surface area contributed by atoms with E-state index in [2.05, 4.69) is 81.5 Å². The van der Waals surface area contributed by atoms with Crippen LogP contribution in [-0.4, -0.2) is 37.2 Å². The van der Waals surface area contributed by atoms with Gasteiger partial charge in [-0.25, -0.2) is 0 Å². The van der Waals surface area contributed by atoms with Gasteiger partial charge in [0.2, 0.25) is 0 Å². The molecule has 0 bridgehead atoms. The van der Waals surface area contributed by atoms with Gasteiger partial charge < -0.3 is 14.2 Å². The van der Waals surface area contributed by atoms with Crippen LogP contribution >= 0.6 is 0 Å². The Bertz CT molecular complexity index is 1210. The minimum Gasteiger partial charge on any atom is -0.462 e. The molecule has 0 aliphatic carbocycles. The molecule has 0 aromatic heterocycles. The second-order valence-electron chi connectivity index (χ2n) is 19.2. The van der Waals surface area contributed by atoms with Crippen LogP contribution in [0.1, 0.15) is 290 Å². The molecule has 0 N–H and O–H groups in total. The van der Waals surface area contributed by atoms with E-state index in [1.807, 2.05) is 0 Å². The molecule has 0 saturated heterocycles. The Morgan fingerprint density at radius 3 is 0.940 bits per heavy atom. The minimum atomic E-state index is -0.789. The van der Waals surface area contributed by atoms with E-state index in [0.717, 1.165) is 96.3 Å². The van der Waals surface area contributed by atoms with Crippen LogP contribution in [0.4, 0.5) is 0 Å². The first-order valence-electron chi connectivity index (χ1n) is 28.8. The van der Waals surface area contributed by atoms with Crippen molar-refractivity contribution in [2.75, 3.05) is 13.2 Å². The van der Waals surface area contributed by atoms with Gasteiger partial charge in [0.05, 0.1) is 0 Å². The van der Waals surface area contributed by atoms with Gasteiger partial charge in [0.15, 0.2) is 6.10 Å². The van der Waals surface area contributed by atoms with Crippen molar-refractivity contribution in [1.82, 2.24) is 0 Å². The molecule has 1 atom stereocenters. The zero-order valence-electron chi connectivity index (χ0n) is 44.4. The van der Waals surface area contributed by atoms with Crippen LogP contribution < -0.4 is 0 Å². The second-order valence-corrected chi connectivity index (χ2v) is 19.2. The molecule has 0 aromatic rings. The number of esters is 3. The topological polar surface area (TPSA) is 78.9 Å². The highest BCUT2D eigenvalue weighted by Crippen LogP contribution is 2.16. The molecule has 0 amide bonds. The number of hydrogen-bond acceptors (Lipinski definition) is 6. The lowest BCUT2D eigenvalue weighted by molar-refractivity contribution is -0.167. The van der Waals surface area contributed by atoms with Crippen molar-refractivity contribution in [2.45, 2.75) is 297 Å². The van der Waals surface area contributed by atoms with Crippen molar-refractivity contribution >= 4 is 17.9 Å². The van der Waals surface area contributed by atoms with Crippen LogP contribution in [0.3, 0.4) is 0 Å². The fraction of sp³-hybridized carbons (Fsp3) is 0.787. The monoisotopic (exact) mass is 937 g/mol. The summed E-state index contributed by atoms with van der Waals surface area (Å²) < 4.78 is 16.8. The lowest BCUT2D eigenvalue weighted by Gasteiger charge is -2.18. The third-order valence-corrected chi connectivity index (χ3v) is 12.5. The van der Waals surface area contributed by atoms with E-state index in [9.17, 15) is 14.4 Å². The zero-order chi connectivity index (χ0) is 48.6. The van der Waals surface area contributed by atoms with Crippen LogP contribution in [0.15, 0.2) is 60.8 Å². The quantitative estimate of drug-likeness (QED) is 0.0262. The number of rotatable bonds is 52. The number of carbonyl (C=O) groups excluding carboxylic acids is 3. The lowest BCUT2D eigenvalue weighted by Crippen LogP contribution is -2.30. The van der Waals surface area contributed by atoms with Crippen molar-refractivity contribution in [3.63, 3.8) is 0 Å². The summed E-state index contributed by atoms with van der Waals surface area (Å²) >= 11 is 0. The number of unbranched alkanes of at least 4 members (excludes halogenated alkanes) is 31. The number of carbonyl (C=O) groups is 3. The first-order valence-corrected chi connectivity index (χ1v) is 28.8. The van der Waals surface area contributed by atoms with E-state index >= 15 is 0 Å². The Balaban J connectivity index is 4.34. The smallest absolute Gasteiger partial charge is 0.306 e. The van der Waals surface area contributed by atoms with Crippen molar-refractivity contribution in [1.29, 1.82) is 0 Å². The summed E-state index contributed by atoms with van der Waals surface area (Å²) in [4.78, 5) is 38.1. The fourth-order valence-corrected chi connectivity index (χ4v) is 8.11. The summed E-state index contributed by atoms with van der Waals surface area (Å²) in [6.45, 7) is 6.57. The van der Waals surface area contributed by atoms with Gasteiger partial charge in [-0.3, -0.25) is 14.4 Å². The summed E-state index contributed by atoms with van der Waals surface area (Å²) in [6.07, 6.45) is 69.3. The molecule has 0 spiro atoms. The number of hydrogen-bond donors (Lipinski definition) is 0. The minimum absolute atomic E-state index is 0.0855. The molecule has 0 aliphatic heterocycles. The summed E-state index contributed by atoms with van der Waals surface area (Å²) in [6, 6.07) is 0. The van der Waals surface area contributed by atoms with Crippen LogP contribution in [0.5, 0.6) is 0 Å². The lowest BCUT2D eigenvalue weighted by atomic mass is 10.0. The third kappa shape index (κ3) is 53.9. The molecule has 0 rings (SSSR count). The first-order chi connectivity index (χ1) is 33.0. The van der Waals surface area contributed by atoms with Crippen LogP contribution in [0.25, 0.3) is 0 Å². The van der Waals surface area contributed by atoms with E-state index in [0.29, 0.717) is 19.3 Å². The highest BCUT2D eigenvalue weighted by atomic mass is 16.6. The summed E-state index contributed by atoms with van der Waals surface area (Å²) in [7, 11) is 0. The Morgan fingerprint density at radius 1 is 0.299 bits per heavy atom.